The van der Waals surface area contributed by atoms with Gasteiger partial charge in [-0.3, -0.25) is 0 Å². The van der Waals surface area contributed by atoms with Crippen LogP contribution < -0.4 is 5.73 Å². The molecule has 0 amide bonds. The summed E-state index contributed by atoms with van der Waals surface area (Å²) in [5, 5.41) is 8.05. The Bertz CT molecular complexity index is 121. The fraction of sp³-hybridized carbons (Fsp3) is 0.250. The van der Waals surface area contributed by atoms with E-state index in [9.17, 15) is 4.79 Å². The fourth-order valence-electron chi connectivity index (χ4n) is 0.193. The summed E-state index contributed by atoms with van der Waals surface area (Å²) in [6.45, 7) is 0.228. The second-order valence-electron chi connectivity index (χ2n) is 1.13. The minimum absolute atomic E-state index is 0.228. The highest BCUT2D eigenvalue weighted by Gasteiger charge is 1.90. The first-order chi connectivity index (χ1) is 3.66. The first-order valence-corrected chi connectivity index (χ1v) is 2.75. The Kier molecular flexibility index (Phi) is 3.47. The monoisotopic (exact) mass is 179 g/mol. The summed E-state index contributed by atoms with van der Waals surface area (Å²) in [6, 6.07) is 0. The summed E-state index contributed by atoms with van der Waals surface area (Å²) >= 11 is 2.93. The number of carboxylic acids is 1. The average Bonchev–Trinajstić information content (AvgIpc) is 1.65. The number of carbonyl (C=O) groups is 1. The van der Waals surface area contributed by atoms with Gasteiger partial charge in [0.25, 0.3) is 0 Å². The third kappa shape index (κ3) is 3.83. The van der Waals surface area contributed by atoms with Crippen LogP contribution in [0.25, 0.3) is 0 Å². The van der Waals surface area contributed by atoms with Gasteiger partial charge in [0.05, 0.1) is 0 Å². The molecule has 0 aliphatic heterocycles. The summed E-state index contributed by atoms with van der Waals surface area (Å²) in [6.07, 6.45) is 1.01. The largest absolute Gasteiger partial charge is 0.478 e. The fourth-order valence-corrected chi connectivity index (χ4v) is 0.389. The SMILES string of the molecule is NC/C(Br)=C/C(=O)O. The molecular weight excluding hydrogens is 174 g/mol. The van der Waals surface area contributed by atoms with E-state index < -0.39 is 5.97 Å². The molecule has 0 fully saturated rings. The Balaban J connectivity index is 3.75. The molecular formula is C4H6BrNO2. The van der Waals surface area contributed by atoms with Crippen molar-refractivity contribution in [1.29, 1.82) is 0 Å². The Morgan fingerprint density at radius 1 is 1.88 bits per heavy atom. The van der Waals surface area contributed by atoms with Crippen LogP contribution in [-0.4, -0.2) is 17.6 Å². The molecule has 0 rings (SSSR count). The third-order valence-electron chi connectivity index (χ3n) is 0.475. The molecule has 0 spiro atoms. The molecule has 0 saturated heterocycles. The lowest BCUT2D eigenvalue weighted by Gasteiger charge is -1.85. The summed E-state index contributed by atoms with van der Waals surface area (Å²) in [4.78, 5) is 9.81. The zero-order valence-corrected chi connectivity index (χ0v) is 5.68. The molecule has 0 bridgehead atoms. The van der Waals surface area contributed by atoms with Crippen LogP contribution in [0.1, 0.15) is 0 Å². The first-order valence-electron chi connectivity index (χ1n) is 1.96. The van der Waals surface area contributed by atoms with Crippen molar-refractivity contribution in [1.82, 2.24) is 0 Å². The van der Waals surface area contributed by atoms with Crippen molar-refractivity contribution in [3.05, 3.63) is 10.6 Å². The van der Waals surface area contributed by atoms with Crippen LogP contribution in [0.2, 0.25) is 0 Å². The van der Waals surface area contributed by atoms with E-state index in [0.717, 1.165) is 6.08 Å². The zero-order chi connectivity index (χ0) is 6.57. The van der Waals surface area contributed by atoms with Gasteiger partial charge in [-0.05, 0) is 0 Å². The van der Waals surface area contributed by atoms with Gasteiger partial charge in [0.2, 0.25) is 0 Å². The minimum Gasteiger partial charge on any atom is -0.478 e. The zero-order valence-electron chi connectivity index (χ0n) is 4.10. The topological polar surface area (TPSA) is 63.3 Å². The normalized spacial score (nSPS) is 11.5. The first kappa shape index (κ1) is 7.65. The highest BCUT2D eigenvalue weighted by Crippen LogP contribution is 1.99. The van der Waals surface area contributed by atoms with Crippen molar-refractivity contribution in [3.63, 3.8) is 0 Å². The molecule has 0 aromatic rings. The van der Waals surface area contributed by atoms with E-state index in [-0.39, 0.29) is 6.54 Å². The molecule has 0 radical (unpaired) electrons. The summed E-state index contributed by atoms with van der Waals surface area (Å²) in [5.74, 6) is -0.984. The van der Waals surface area contributed by atoms with Crippen LogP contribution in [0.3, 0.4) is 0 Å². The lowest BCUT2D eigenvalue weighted by molar-refractivity contribution is -0.131. The smallest absolute Gasteiger partial charge is 0.329 e. The van der Waals surface area contributed by atoms with E-state index in [4.69, 9.17) is 10.8 Å². The Hall–Kier alpha value is -0.350. The number of nitrogens with two attached hydrogens (primary N) is 1. The van der Waals surface area contributed by atoms with Gasteiger partial charge in [0.15, 0.2) is 0 Å². The van der Waals surface area contributed by atoms with Gasteiger partial charge < -0.3 is 10.8 Å². The van der Waals surface area contributed by atoms with Crippen LogP contribution in [-0.2, 0) is 4.79 Å². The molecule has 0 saturated carbocycles. The minimum atomic E-state index is -0.984. The molecule has 0 aliphatic rings. The molecule has 0 aliphatic carbocycles. The Labute approximate surface area is 55.3 Å². The molecule has 0 aromatic heterocycles. The highest BCUT2D eigenvalue weighted by atomic mass is 79.9. The Morgan fingerprint density at radius 3 is 2.50 bits per heavy atom. The van der Waals surface area contributed by atoms with Crippen molar-refractivity contribution < 1.29 is 9.90 Å². The highest BCUT2D eigenvalue weighted by molar-refractivity contribution is 9.11. The van der Waals surface area contributed by atoms with Crippen LogP contribution >= 0.6 is 15.9 Å². The van der Waals surface area contributed by atoms with Crippen LogP contribution in [0.5, 0.6) is 0 Å². The standard InChI is InChI=1S/C4H6BrNO2/c5-3(2-6)1-4(7)8/h1H,2,6H2,(H,7,8)/b3-1-. The number of rotatable bonds is 2. The predicted molar refractivity (Wildman–Crippen MR) is 33.7 cm³/mol. The van der Waals surface area contributed by atoms with Crippen molar-refractivity contribution in [2.75, 3.05) is 6.54 Å². The second kappa shape index (κ2) is 3.63. The second-order valence-corrected chi connectivity index (χ2v) is 2.15. The quantitative estimate of drug-likeness (QED) is 0.601. The predicted octanol–water partition coefficient (Wildman–Crippen LogP) is 0.308. The van der Waals surface area contributed by atoms with Gasteiger partial charge >= 0.3 is 5.97 Å². The van der Waals surface area contributed by atoms with Gasteiger partial charge in [-0.1, -0.05) is 15.9 Å². The average molecular weight is 180 g/mol. The summed E-state index contributed by atoms with van der Waals surface area (Å²) < 4.78 is 0.491. The van der Waals surface area contributed by atoms with Gasteiger partial charge in [-0.25, -0.2) is 4.79 Å². The van der Waals surface area contributed by atoms with E-state index in [1.54, 1.807) is 0 Å². The molecule has 0 heterocycles. The number of hydrogen-bond acceptors (Lipinski definition) is 2. The van der Waals surface area contributed by atoms with Gasteiger partial charge in [0, 0.05) is 17.1 Å². The van der Waals surface area contributed by atoms with E-state index >= 15 is 0 Å². The summed E-state index contributed by atoms with van der Waals surface area (Å²) in [7, 11) is 0. The van der Waals surface area contributed by atoms with Crippen molar-refractivity contribution in [2.24, 2.45) is 5.73 Å². The van der Waals surface area contributed by atoms with Gasteiger partial charge in [-0.2, -0.15) is 0 Å². The van der Waals surface area contributed by atoms with E-state index in [2.05, 4.69) is 15.9 Å². The van der Waals surface area contributed by atoms with E-state index in [1.165, 1.54) is 0 Å². The molecule has 4 heteroatoms. The van der Waals surface area contributed by atoms with Gasteiger partial charge in [-0.15, -0.1) is 0 Å². The molecule has 3 N–H and O–H groups in total. The number of hydrogen-bond donors (Lipinski definition) is 2. The molecule has 46 valence electrons. The van der Waals surface area contributed by atoms with Crippen molar-refractivity contribution in [3.8, 4) is 0 Å². The maximum absolute atomic E-state index is 9.81. The third-order valence-corrected chi connectivity index (χ3v) is 1.03. The molecule has 3 nitrogen and oxygen atoms in total. The van der Waals surface area contributed by atoms with Crippen LogP contribution in [0, 0.1) is 0 Å². The van der Waals surface area contributed by atoms with E-state index in [1.807, 2.05) is 0 Å². The molecule has 0 aromatic carbocycles. The van der Waals surface area contributed by atoms with Crippen LogP contribution in [0.15, 0.2) is 10.6 Å². The number of aliphatic carboxylic acids is 1. The molecule has 0 unspecified atom stereocenters. The summed E-state index contributed by atoms with van der Waals surface area (Å²) in [5.41, 5.74) is 5.04. The van der Waals surface area contributed by atoms with Gasteiger partial charge in [0.1, 0.15) is 0 Å². The maximum atomic E-state index is 9.81. The van der Waals surface area contributed by atoms with E-state index in [0.29, 0.717) is 4.48 Å². The van der Waals surface area contributed by atoms with Crippen molar-refractivity contribution >= 4 is 21.9 Å². The maximum Gasteiger partial charge on any atom is 0.329 e. The number of carboxylic acid groups (broad SMARTS) is 1. The van der Waals surface area contributed by atoms with Crippen molar-refractivity contribution in [2.45, 2.75) is 0 Å². The lowest BCUT2D eigenvalue weighted by Crippen LogP contribution is -2.00. The van der Waals surface area contributed by atoms with Crippen LogP contribution in [0.4, 0.5) is 0 Å². The molecule has 0 atom stereocenters. The Morgan fingerprint density at radius 2 is 2.38 bits per heavy atom. The number of halogens is 1. The molecule has 8 heavy (non-hydrogen) atoms. The lowest BCUT2D eigenvalue weighted by atomic mass is 10.5.